The number of rotatable bonds is 4. The zero-order valence-corrected chi connectivity index (χ0v) is 9.63. The lowest BCUT2D eigenvalue weighted by Crippen LogP contribution is -2.06. The van der Waals surface area contributed by atoms with Gasteiger partial charge in [-0.2, -0.15) is 0 Å². The van der Waals surface area contributed by atoms with Crippen LogP contribution in [0.4, 0.5) is 0 Å². The van der Waals surface area contributed by atoms with E-state index in [9.17, 15) is 0 Å². The van der Waals surface area contributed by atoms with Gasteiger partial charge in [0.15, 0.2) is 0 Å². The van der Waals surface area contributed by atoms with Crippen LogP contribution in [0.15, 0.2) is 24.3 Å². The molecule has 1 saturated carbocycles. The highest BCUT2D eigenvalue weighted by atomic mass is 14.8. The van der Waals surface area contributed by atoms with Gasteiger partial charge in [-0.1, -0.05) is 49.9 Å². The second-order valence-electron chi connectivity index (χ2n) is 4.70. The fourth-order valence-electron chi connectivity index (χ4n) is 2.62. The lowest BCUT2D eigenvalue weighted by Gasteiger charge is -2.10. The van der Waals surface area contributed by atoms with Gasteiger partial charge in [0, 0.05) is 6.54 Å². The highest BCUT2D eigenvalue weighted by Gasteiger charge is 2.15. The Labute approximate surface area is 92.9 Å². The van der Waals surface area contributed by atoms with Crippen LogP contribution in [0.25, 0.3) is 0 Å². The predicted octanol–water partition coefficient (Wildman–Crippen LogP) is 3.14. The number of benzene rings is 1. The second-order valence-corrected chi connectivity index (χ2v) is 4.70. The molecule has 0 aliphatic heterocycles. The molecular weight excluding hydrogens is 182 g/mol. The Balaban J connectivity index is 1.97. The average Bonchev–Trinajstić information content (AvgIpc) is 2.71. The molecule has 15 heavy (non-hydrogen) atoms. The minimum Gasteiger partial charge on any atom is -0.316 e. The molecule has 0 amide bonds. The van der Waals surface area contributed by atoms with E-state index in [4.69, 9.17) is 0 Å². The zero-order valence-electron chi connectivity index (χ0n) is 9.63. The Bertz CT molecular complexity index is 300. The summed E-state index contributed by atoms with van der Waals surface area (Å²) < 4.78 is 0. The van der Waals surface area contributed by atoms with Crippen LogP contribution in [0.5, 0.6) is 0 Å². The normalized spacial score (nSPS) is 17.1. The van der Waals surface area contributed by atoms with E-state index < -0.39 is 0 Å². The van der Waals surface area contributed by atoms with Gasteiger partial charge in [-0.3, -0.25) is 0 Å². The third kappa shape index (κ3) is 3.07. The Kier molecular flexibility index (Phi) is 3.79. The zero-order chi connectivity index (χ0) is 10.5. The van der Waals surface area contributed by atoms with Crippen LogP contribution < -0.4 is 5.32 Å². The van der Waals surface area contributed by atoms with Crippen molar-refractivity contribution in [3.63, 3.8) is 0 Å². The Hall–Kier alpha value is -0.820. The molecule has 82 valence electrons. The first-order valence-corrected chi connectivity index (χ1v) is 6.11. The van der Waals surface area contributed by atoms with Crippen LogP contribution in [-0.2, 0) is 13.0 Å². The van der Waals surface area contributed by atoms with Gasteiger partial charge in [0.1, 0.15) is 0 Å². The fraction of sp³-hybridized carbons (Fsp3) is 0.571. The molecular formula is C14H21N. The van der Waals surface area contributed by atoms with E-state index in [-0.39, 0.29) is 0 Å². The van der Waals surface area contributed by atoms with Crippen LogP contribution >= 0.6 is 0 Å². The molecule has 1 aromatic carbocycles. The Morgan fingerprint density at radius 1 is 1.20 bits per heavy atom. The topological polar surface area (TPSA) is 12.0 Å². The van der Waals surface area contributed by atoms with E-state index in [1.165, 1.54) is 43.2 Å². The molecule has 0 saturated heterocycles. The molecule has 0 atom stereocenters. The van der Waals surface area contributed by atoms with Gasteiger partial charge in [-0.25, -0.2) is 0 Å². The summed E-state index contributed by atoms with van der Waals surface area (Å²) in [5.74, 6) is 0.954. The molecule has 1 N–H and O–H groups in total. The third-order valence-electron chi connectivity index (χ3n) is 3.37. The quantitative estimate of drug-likeness (QED) is 0.792. The first-order chi connectivity index (χ1) is 7.38. The molecule has 1 fully saturated rings. The fourth-order valence-corrected chi connectivity index (χ4v) is 2.62. The van der Waals surface area contributed by atoms with Crippen LogP contribution in [0, 0.1) is 5.92 Å². The van der Waals surface area contributed by atoms with Crippen molar-refractivity contribution in [3.05, 3.63) is 35.4 Å². The molecule has 0 radical (unpaired) electrons. The van der Waals surface area contributed by atoms with Gasteiger partial charge in [0.25, 0.3) is 0 Å². The molecule has 0 spiro atoms. The summed E-state index contributed by atoms with van der Waals surface area (Å²) in [6.45, 7) is 0.985. The molecule has 1 nitrogen and oxygen atoms in total. The molecule has 0 heterocycles. The van der Waals surface area contributed by atoms with Crippen molar-refractivity contribution >= 4 is 0 Å². The first-order valence-electron chi connectivity index (χ1n) is 6.11. The predicted molar refractivity (Wildman–Crippen MR) is 64.9 cm³/mol. The van der Waals surface area contributed by atoms with Crippen LogP contribution in [0.1, 0.15) is 36.8 Å². The van der Waals surface area contributed by atoms with Crippen molar-refractivity contribution in [3.8, 4) is 0 Å². The lowest BCUT2D eigenvalue weighted by molar-refractivity contribution is 0.546. The molecule has 2 rings (SSSR count). The highest BCUT2D eigenvalue weighted by Crippen LogP contribution is 2.28. The summed E-state index contributed by atoms with van der Waals surface area (Å²) in [7, 11) is 2.00. The second kappa shape index (κ2) is 5.32. The maximum absolute atomic E-state index is 3.20. The first kappa shape index (κ1) is 10.7. The van der Waals surface area contributed by atoms with Gasteiger partial charge >= 0.3 is 0 Å². The summed E-state index contributed by atoms with van der Waals surface area (Å²) in [6.07, 6.45) is 7.06. The van der Waals surface area contributed by atoms with Crippen molar-refractivity contribution in [2.24, 2.45) is 5.92 Å². The molecule has 1 aliphatic rings. The van der Waals surface area contributed by atoms with Crippen molar-refractivity contribution in [2.45, 2.75) is 38.6 Å². The van der Waals surface area contributed by atoms with Gasteiger partial charge in [0.05, 0.1) is 0 Å². The molecule has 1 aliphatic carbocycles. The largest absolute Gasteiger partial charge is 0.316 e. The summed E-state index contributed by atoms with van der Waals surface area (Å²) in [6, 6.07) is 9.03. The van der Waals surface area contributed by atoms with Gasteiger partial charge in [-0.05, 0) is 30.5 Å². The standard InChI is InChI=1S/C14H21N/c1-15-11-14-8-4-7-13(10-14)9-12-5-2-3-6-12/h4,7-8,10,12,15H,2-3,5-6,9,11H2,1H3. The minimum absolute atomic E-state index is 0.954. The summed E-state index contributed by atoms with van der Waals surface area (Å²) in [5.41, 5.74) is 2.93. The van der Waals surface area contributed by atoms with Crippen molar-refractivity contribution in [1.82, 2.24) is 5.32 Å². The highest BCUT2D eigenvalue weighted by molar-refractivity contribution is 5.23. The van der Waals surface area contributed by atoms with E-state index >= 15 is 0 Å². The van der Waals surface area contributed by atoms with Crippen LogP contribution in [0.2, 0.25) is 0 Å². The average molecular weight is 203 g/mol. The van der Waals surface area contributed by atoms with E-state index in [0.29, 0.717) is 0 Å². The van der Waals surface area contributed by atoms with Gasteiger partial charge in [0.2, 0.25) is 0 Å². The summed E-state index contributed by atoms with van der Waals surface area (Å²) in [4.78, 5) is 0. The number of hydrogen-bond acceptors (Lipinski definition) is 1. The maximum Gasteiger partial charge on any atom is 0.0202 e. The molecule has 0 aromatic heterocycles. The van der Waals surface area contributed by atoms with E-state index in [1.54, 1.807) is 0 Å². The number of hydrogen-bond donors (Lipinski definition) is 1. The van der Waals surface area contributed by atoms with Crippen LogP contribution in [-0.4, -0.2) is 7.05 Å². The van der Waals surface area contributed by atoms with Crippen molar-refractivity contribution < 1.29 is 0 Å². The smallest absolute Gasteiger partial charge is 0.0202 e. The third-order valence-corrected chi connectivity index (χ3v) is 3.37. The molecule has 0 unspecified atom stereocenters. The minimum atomic E-state index is 0.954. The number of nitrogens with one attached hydrogen (secondary N) is 1. The van der Waals surface area contributed by atoms with Gasteiger partial charge in [-0.15, -0.1) is 0 Å². The molecule has 0 bridgehead atoms. The van der Waals surface area contributed by atoms with Crippen LogP contribution in [0.3, 0.4) is 0 Å². The Morgan fingerprint density at radius 2 is 1.93 bits per heavy atom. The van der Waals surface area contributed by atoms with Crippen molar-refractivity contribution in [1.29, 1.82) is 0 Å². The van der Waals surface area contributed by atoms with Crippen molar-refractivity contribution in [2.75, 3.05) is 7.05 Å². The van der Waals surface area contributed by atoms with E-state index in [0.717, 1.165) is 12.5 Å². The van der Waals surface area contributed by atoms with E-state index in [2.05, 4.69) is 29.6 Å². The summed E-state index contributed by atoms with van der Waals surface area (Å²) >= 11 is 0. The monoisotopic (exact) mass is 203 g/mol. The SMILES string of the molecule is CNCc1cccc(CC2CCCC2)c1. The lowest BCUT2D eigenvalue weighted by atomic mass is 9.97. The maximum atomic E-state index is 3.20. The van der Waals surface area contributed by atoms with E-state index in [1.807, 2.05) is 7.05 Å². The Morgan fingerprint density at radius 3 is 2.67 bits per heavy atom. The molecule has 1 aromatic rings. The summed E-state index contributed by atoms with van der Waals surface area (Å²) in [5, 5.41) is 3.20. The molecule has 1 heteroatoms. The van der Waals surface area contributed by atoms with Gasteiger partial charge < -0.3 is 5.32 Å².